The number of aryl methyl sites for hydroxylation is 2. The number of rotatable bonds is 3. The molecule has 1 saturated heterocycles. The largest absolute Gasteiger partial charge is 0.315 e. The molecule has 0 saturated carbocycles. The van der Waals surface area contributed by atoms with Crippen molar-refractivity contribution in [2.45, 2.75) is 26.8 Å². The van der Waals surface area contributed by atoms with Crippen LogP contribution in [0, 0.1) is 13.8 Å². The Labute approximate surface area is 170 Å². The van der Waals surface area contributed by atoms with Crippen molar-refractivity contribution in [1.29, 1.82) is 0 Å². The van der Waals surface area contributed by atoms with E-state index in [1.165, 1.54) is 11.1 Å². The number of pyridine rings is 1. The number of hydrogen-bond acceptors (Lipinski definition) is 3. The Kier molecular flexibility index (Phi) is 5.42. The van der Waals surface area contributed by atoms with Gasteiger partial charge in [0.2, 0.25) is 0 Å². The Morgan fingerprint density at radius 2 is 1.93 bits per heavy atom. The van der Waals surface area contributed by atoms with E-state index in [0.29, 0.717) is 10.0 Å². The molecular formula is C21H24Cl2N4. The number of aromatic nitrogens is 2. The average Bonchev–Trinajstić information content (AvgIpc) is 2.80. The maximum Gasteiger partial charge on any atom is 0.156 e. The van der Waals surface area contributed by atoms with Crippen LogP contribution in [0.3, 0.4) is 0 Å². The molecule has 1 aromatic carbocycles. The predicted octanol–water partition coefficient (Wildman–Crippen LogP) is 4.72. The van der Waals surface area contributed by atoms with Gasteiger partial charge >= 0.3 is 0 Å². The van der Waals surface area contributed by atoms with Gasteiger partial charge in [0.05, 0.1) is 21.4 Å². The molecule has 2 aromatic heterocycles. The predicted molar refractivity (Wildman–Crippen MR) is 113 cm³/mol. The molecule has 0 amide bonds. The van der Waals surface area contributed by atoms with Crippen LogP contribution in [0.5, 0.6) is 0 Å². The van der Waals surface area contributed by atoms with E-state index < -0.39 is 0 Å². The lowest BCUT2D eigenvalue weighted by Crippen LogP contribution is -2.28. The van der Waals surface area contributed by atoms with Gasteiger partial charge in [0, 0.05) is 31.4 Å². The van der Waals surface area contributed by atoms with E-state index in [-0.39, 0.29) is 0 Å². The number of benzene rings is 1. The van der Waals surface area contributed by atoms with Crippen LogP contribution >= 0.6 is 23.2 Å². The van der Waals surface area contributed by atoms with Crippen molar-refractivity contribution < 1.29 is 0 Å². The van der Waals surface area contributed by atoms with Gasteiger partial charge in [0.25, 0.3) is 0 Å². The fourth-order valence-corrected chi connectivity index (χ4v) is 4.18. The van der Waals surface area contributed by atoms with Gasteiger partial charge in [-0.3, -0.25) is 9.30 Å². The summed E-state index contributed by atoms with van der Waals surface area (Å²) in [4.78, 5) is 7.39. The molecule has 3 aromatic rings. The van der Waals surface area contributed by atoms with Crippen LogP contribution in [0.25, 0.3) is 16.9 Å². The number of halogens is 2. The first-order valence-corrected chi connectivity index (χ1v) is 10.1. The molecule has 0 radical (unpaired) electrons. The summed E-state index contributed by atoms with van der Waals surface area (Å²) in [5.41, 5.74) is 6.55. The number of imidazole rings is 1. The molecule has 0 bridgehead atoms. The summed E-state index contributed by atoms with van der Waals surface area (Å²) < 4.78 is 2.06. The van der Waals surface area contributed by atoms with Gasteiger partial charge in [-0.25, -0.2) is 4.98 Å². The third kappa shape index (κ3) is 3.85. The first-order valence-electron chi connectivity index (χ1n) is 9.39. The van der Waals surface area contributed by atoms with E-state index in [1.807, 2.05) is 6.20 Å². The van der Waals surface area contributed by atoms with E-state index in [2.05, 4.69) is 46.7 Å². The maximum atomic E-state index is 6.47. The Balaban J connectivity index is 1.85. The minimum atomic E-state index is 0.580. The van der Waals surface area contributed by atoms with Gasteiger partial charge < -0.3 is 5.32 Å². The summed E-state index contributed by atoms with van der Waals surface area (Å²) in [6.07, 6.45) is 3.07. The van der Waals surface area contributed by atoms with Crippen molar-refractivity contribution in [3.05, 3.63) is 57.3 Å². The SMILES string of the molecule is Cc1ccc(-c2nc3c(Cl)cc(Cl)cn3c2CN2CCCNCC2)cc1C. The van der Waals surface area contributed by atoms with Gasteiger partial charge in [-0.15, -0.1) is 0 Å². The van der Waals surface area contributed by atoms with Crippen molar-refractivity contribution in [2.75, 3.05) is 26.2 Å². The molecule has 1 aliphatic rings. The Morgan fingerprint density at radius 3 is 2.74 bits per heavy atom. The van der Waals surface area contributed by atoms with Crippen molar-refractivity contribution in [1.82, 2.24) is 19.6 Å². The van der Waals surface area contributed by atoms with Crippen molar-refractivity contribution in [3.8, 4) is 11.3 Å². The summed E-state index contributed by atoms with van der Waals surface area (Å²) in [7, 11) is 0. The molecule has 6 heteroatoms. The molecule has 3 heterocycles. The van der Waals surface area contributed by atoms with Crippen LogP contribution in [0.4, 0.5) is 0 Å². The normalized spacial score (nSPS) is 16.0. The van der Waals surface area contributed by atoms with Gasteiger partial charge in [-0.05, 0) is 56.6 Å². The quantitative estimate of drug-likeness (QED) is 0.687. The first-order chi connectivity index (χ1) is 13.0. The summed E-state index contributed by atoms with van der Waals surface area (Å²) in [5, 5.41) is 4.67. The highest BCUT2D eigenvalue weighted by Gasteiger charge is 2.20. The third-order valence-corrected chi connectivity index (χ3v) is 5.81. The van der Waals surface area contributed by atoms with E-state index in [9.17, 15) is 0 Å². The molecule has 0 aliphatic carbocycles. The van der Waals surface area contributed by atoms with E-state index in [0.717, 1.165) is 61.7 Å². The zero-order valence-corrected chi connectivity index (χ0v) is 17.2. The minimum Gasteiger partial charge on any atom is -0.315 e. The molecule has 1 fully saturated rings. The Hall–Kier alpha value is -1.59. The van der Waals surface area contributed by atoms with Crippen LogP contribution in [-0.4, -0.2) is 40.5 Å². The molecule has 142 valence electrons. The van der Waals surface area contributed by atoms with Crippen molar-refractivity contribution in [3.63, 3.8) is 0 Å². The minimum absolute atomic E-state index is 0.580. The van der Waals surface area contributed by atoms with E-state index in [4.69, 9.17) is 28.2 Å². The molecular weight excluding hydrogens is 379 g/mol. The zero-order valence-electron chi connectivity index (χ0n) is 15.7. The second kappa shape index (κ2) is 7.80. The lowest BCUT2D eigenvalue weighted by molar-refractivity contribution is 0.281. The molecule has 4 nitrogen and oxygen atoms in total. The van der Waals surface area contributed by atoms with Gasteiger partial charge in [0.15, 0.2) is 5.65 Å². The summed E-state index contributed by atoms with van der Waals surface area (Å²) in [6.45, 7) is 9.27. The molecule has 1 N–H and O–H groups in total. The monoisotopic (exact) mass is 402 g/mol. The number of nitrogens with one attached hydrogen (secondary N) is 1. The standard InChI is InChI=1S/C21H24Cl2N4/c1-14-4-5-16(10-15(14)2)20-19(13-26-8-3-6-24-7-9-26)27-12-17(22)11-18(23)21(27)25-20/h4-5,10-12,24H,3,6-9,13H2,1-2H3. The third-order valence-electron chi connectivity index (χ3n) is 5.33. The molecule has 0 unspecified atom stereocenters. The molecule has 0 spiro atoms. The summed E-state index contributed by atoms with van der Waals surface area (Å²) >= 11 is 12.8. The van der Waals surface area contributed by atoms with Crippen LogP contribution < -0.4 is 5.32 Å². The van der Waals surface area contributed by atoms with Crippen LogP contribution in [0.2, 0.25) is 10.0 Å². The van der Waals surface area contributed by atoms with Gasteiger partial charge in [-0.1, -0.05) is 35.3 Å². The molecule has 0 atom stereocenters. The number of nitrogens with zero attached hydrogens (tertiary/aromatic N) is 3. The second-order valence-corrected chi connectivity index (χ2v) is 8.13. The summed E-state index contributed by atoms with van der Waals surface area (Å²) in [5.74, 6) is 0. The smallest absolute Gasteiger partial charge is 0.156 e. The lowest BCUT2D eigenvalue weighted by atomic mass is 10.0. The highest BCUT2D eigenvalue weighted by atomic mass is 35.5. The number of fused-ring (bicyclic) bond motifs is 1. The fourth-order valence-electron chi connectivity index (χ4n) is 3.66. The maximum absolute atomic E-state index is 6.47. The first kappa shape index (κ1) is 18.8. The van der Waals surface area contributed by atoms with Crippen LogP contribution in [0.15, 0.2) is 30.5 Å². The topological polar surface area (TPSA) is 32.6 Å². The van der Waals surface area contributed by atoms with Gasteiger partial charge in [-0.2, -0.15) is 0 Å². The zero-order chi connectivity index (χ0) is 19.0. The second-order valence-electron chi connectivity index (χ2n) is 7.29. The number of hydrogen-bond donors (Lipinski definition) is 1. The molecule has 4 rings (SSSR count). The fraction of sp³-hybridized carbons (Fsp3) is 0.381. The Bertz CT molecular complexity index is 972. The van der Waals surface area contributed by atoms with Crippen molar-refractivity contribution >= 4 is 28.8 Å². The van der Waals surface area contributed by atoms with E-state index >= 15 is 0 Å². The molecule has 27 heavy (non-hydrogen) atoms. The Morgan fingerprint density at radius 1 is 1.07 bits per heavy atom. The average molecular weight is 403 g/mol. The van der Waals surface area contributed by atoms with Gasteiger partial charge in [0.1, 0.15) is 0 Å². The lowest BCUT2D eigenvalue weighted by Gasteiger charge is -2.20. The summed E-state index contributed by atoms with van der Waals surface area (Å²) in [6, 6.07) is 8.27. The highest BCUT2D eigenvalue weighted by Crippen LogP contribution is 2.31. The van der Waals surface area contributed by atoms with Crippen molar-refractivity contribution in [2.24, 2.45) is 0 Å². The van der Waals surface area contributed by atoms with Crippen LogP contribution in [-0.2, 0) is 6.54 Å². The molecule has 1 aliphatic heterocycles. The van der Waals surface area contributed by atoms with Crippen LogP contribution in [0.1, 0.15) is 23.2 Å². The van der Waals surface area contributed by atoms with E-state index in [1.54, 1.807) is 6.07 Å². The highest BCUT2D eigenvalue weighted by molar-refractivity contribution is 6.36.